The zero-order chi connectivity index (χ0) is 19.8. The smallest absolute Gasteiger partial charge is 0.265 e. The Bertz CT molecular complexity index is 862. The number of rotatable bonds is 5. The van der Waals surface area contributed by atoms with Crippen molar-refractivity contribution < 1.29 is 18.8 Å². The molecule has 2 aromatic rings. The largest absolute Gasteiger partial charge is 0.320 e. The number of imide groups is 1. The number of anilines is 1. The molecule has 27 heavy (non-hydrogen) atoms. The molecule has 1 aliphatic rings. The van der Waals surface area contributed by atoms with E-state index in [2.05, 4.69) is 0 Å². The lowest BCUT2D eigenvalue weighted by Gasteiger charge is -2.41. The number of amides is 3. The van der Waals surface area contributed by atoms with Crippen molar-refractivity contribution in [2.75, 3.05) is 4.90 Å². The molecular weight excluding hydrogens is 367 g/mol. The molecule has 0 spiro atoms. The Balaban J connectivity index is 1.98. The van der Waals surface area contributed by atoms with Gasteiger partial charge in [-0.05, 0) is 56.0 Å². The van der Waals surface area contributed by atoms with Crippen molar-refractivity contribution in [1.82, 2.24) is 4.90 Å². The van der Waals surface area contributed by atoms with Crippen LogP contribution in [-0.2, 0) is 9.59 Å². The molecule has 1 fully saturated rings. The van der Waals surface area contributed by atoms with Crippen LogP contribution < -0.4 is 4.90 Å². The molecule has 3 rings (SSSR count). The lowest BCUT2D eigenvalue weighted by molar-refractivity contribution is -0.123. The molecular formula is C20H21FN2O3S. The van der Waals surface area contributed by atoms with E-state index in [0.29, 0.717) is 17.0 Å². The quantitative estimate of drug-likeness (QED) is 0.731. The Hall–Kier alpha value is -2.54. The normalized spacial score (nSPS) is 17.5. The molecule has 1 saturated heterocycles. The topological polar surface area (TPSA) is 57.7 Å². The Morgan fingerprint density at radius 3 is 2.48 bits per heavy atom. The molecule has 2 heterocycles. The summed E-state index contributed by atoms with van der Waals surface area (Å²) >= 11 is 1.30. The molecule has 1 aromatic carbocycles. The van der Waals surface area contributed by atoms with Crippen molar-refractivity contribution in [2.45, 2.75) is 45.2 Å². The first kappa shape index (κ1) is 19.2. The van der Waals surface area contributed by atoms with Crippen molar-refractivity contribution >= 4 is 34.7 Å². The molecule has 3 amide bonds. The monoisotopic (exact) mass is 388 g/mol. The van der Waals surface area contributed by atoms with Gasteiger partial charge in [0.15, 0.2) is 0 Å². The van der Waals surface area contributed by atoms with E-state index in [1.807, 2.05) is 20.8 Å². The maximum Gasteiger partial charge on any atom is 0.265 e. The predicted octanol–water partition coefficient (Wildman–Crippen LogP) is 3.85. The Kier molecular flexibility index (Phi) is 5.15. The second-order valence-corrected chi connectivity index (χ2v) is 8.03. The first-order valence-electron chi connectivity index (χ1n) is 8.76. The van der Waals surface area contributed by atoms with Gasteiger partial charge in [-0.2, -0.15) is 0 Å². The van der Waals surface area contributed by atoms with Crippen LogP contribution >= 0.6 is 11.3 Å². The van der Waals surface area contributed by atoms with Crippen molar-refractivity contribution in [3.63, 3.8) is 0 Å². The summed E-state index contributed by atoms with van der Waals surface area (Å²) < 4.78 is 13.2. The van der Waals surface area contributed by atoms with Crippen molar-refractivity contribution in [1.29, 1.82) is 0 Å². The fraction of sp³-hybridized carbons (Fsp3) is 0.350. The maximum atomic E-state index is 13.2. The van der Waals surface area contributed by atoms with Gasteiger partial charge in [0, 0.05) is 5.54 Å². The lowest BCUT2D eigenvalue weighted by atomic mass is 9.95. The standard InChI is InChI=1S/C20H21FN2O3S/c1-4-20(2,3)23(19(26)16-6-5-11-27-16)15-12-17(24)22(18(15)25)14-9-7-13(21)8-10-14/h5-11,15H,4,12H2,1-3H3. The van der Waals surface area contributed by atoms with Crippen LogP contribution in [0.3, 0.4) is 0 Å². The van der Waals surface area contributed by atoms with E-state index in [4.69, 9.17) is 0 Å². The Labute approximate surface area is 161 Å². The van der Waals surface area contributed by atoms with E-state index < -0.39 is 29.2 Å². The summed E-state index contributed by atoms with van der Waals surface area (Å²) in [5.41, 5.74) is -0.299. The van der Waals surface area contributed by atoms with E-state index in [9.17, 15) is 18.8 Å². The molecule has 1 aromatic heterocycles. The van der Waals surface area contributed by atoms with Gasteiger partial charge in [0.05, 0.1) is 17.0 Å². The van der Waals surface area contributed by atoms with Crippen molar-refractivity contribution in [3.05, 3.63) is 52.5 Å². The summed E-state index contributed by atoms with van der Waals surface area (Å²) in [4.78, 5) is 41.9. The molecule has 0 radical (unpaired) electrons. The summed E-state index contributed by atoms with van der Waals surface area (Å²) in [6.45, 7) is 5.71. The fourth-order valence-electron chi connectivity index (χ4n) is 3.21. The van der Waals surface area contributed by atoms with Gasteiger partial charge in [-0.15, -0.1) is 11.3 Å². The lowest BCUT2D eigenvalue weighted by Crippen LogP contribution is -2.55. The van der Waals surface area contributed by atoms with Gasteiger partial charge in [-0.25, -0.2) is 9.29 Å². The zero-order valence-electron chi connectivity index (χ0n) is 15.4. The highest BCUT2D eigenvalue weighted by atomic mass is 32.1. The SMILES string of the molecule is CCC(C)(C)N(C(=O)c1cccs1)C1CC(=O)N(c2ccc(F)cc2)C1=O. The number of benzene rings is 1. The van der Waals surface area contributed by atoms with Crippen LogP contribution in [0.1, 0.15) is 43.3 Å². The van der Waals surface area contributed by atoms with Gasteiger partial charge in [0.2, 0.25) is 5.91 Å². The Morgan fingerprint density at radius 2 is 1.93 bits per heavy atom. The highest BCUT2D eigenvalue weighted by Gasteiger charge is 2.48. The maximum absolute atomic E-state index is 13.2. The minimum absolute atomic E-state index is 0.0866. The van der Waals surface area contributed by atoms with E-state index in [0.717, 1.165) is 4.90 Å². The molecule has 0 N–H and O–H groups in total. The summed E-state index contributed by atoms with van der Waals surface area (Å²) in [6, 6.07) is 7.80. The molecule has 1 unspecified atom stereocenters. The van der Waals surface area contributed by atoms with Gasteiger partial charge < -0.3 is 4.90 Å². The van der Waals surface area contributed by atoms with Gasteiger partial charge >= 0.3 is 0 Å². The minimum atomic E-state index is -0.882. The predicted molar refractivity (Wildman–Crippen MR) is 102 cm³/mol. The third-order valence-corrected chi connectivity index (χ3v) is 5.85. The number of carbonyl (C=O) groups is 3. The number of nitrogens with zero attached hydrogens (tertiary/aromatic N) is 2. The third kappa shape index (κ3) is 3.51. The first-order chi connectivity index (χ1) is 12.8. The fourth-order valence-corrected chi connectivity index (χ4v) is 3.87. The van der Waals surface area contributed by atoms with E-state index in [1.54, 1.807) is 17.5 Å². The van der Waals surface area contributed by atoms with Crippen LogP contribution in [0, 0.1) is 5.82 Å². The molecule has 1 atom stereocenters. The summed E-state index contributed by atoms with van der Waals surface area (Å²) in [7, 11) is 0. The van der Waals surface area contributed by atoms with Crippen LogP contribution in [-0.4, -0.2) is 34.2 Å². The second-order valence-electron chi connectivity index (χ2n) is 7.08. The van der Waals surface area contributed by atoms with Crippen LogP contribution in [0.15, 0.2) is 41.8 Å². The molecule has 1 aliphatic heterocycles. The van der Waals surface area contributed by atoms with E-state index >= 15 is 0 Å². The van der Waals surface area contributed by atoms with Crippen LogP contribution in [0.5, 0.6) is 0 Å². The first-order valence-corrected chi connectivity index (χ1v) is 9.63. The average molecular weight is 388 g/mol. The number of carbonyl (C=O) groups excluding carboxylic acids is 3. The highest BCUT2D eigenvalue weighted by Crippen LogP contribution is 2.33. The molecule has 0 bridgehead atoms. The number of hydrogen-bond acceptors (Lipinski definition) is 4. The van der Waals surface area contributed by atoms with Crippen molar-refractivity contribution in [3.8, 4) is 0 Å². The van der Waals surface area contributed by atoms with Gasteiger partial charge in [-0.3, -0.25) is 14.4 Å². The number of hydrogen-bond donors (Lipinski definition) is 0. The van der Waals surface area contributed by atoms with E-state index in [-0.39, 0.29) is 12.3 Å². The van der Waals surface area contributed by atoms with E-state index in [1.165, 1.54) is 40.5 Å². The van der Waals surface area contributed by atoms with Gasteiger partial charge in [0.1, 0.15) is 11.9 Å². The highest BCUT2D eigenvalue weighted by molar-refractivity contribution is 7.12. The van der Waals surface area contributed by atoms with Crippen LogP contribution in [0.25, 0.3) is 0 Å². The minimum Gasteiger partial charge on any atom is -0.320 e. The third-order valence-electron chi connectivity index (χ3n) is 4.99. The number of thiophene rings is 1. The molecule has 0 saturated carbocycles. The summed E-state index contributed by atoms with van der Waals surface area (Å²) in [5.74, 6) is -1.56. The van der Waals surface area contributed by atoms with Crippen LogP contribution in [0.4, 0.5) is 10.1 Å². The van der Waals surface area contributed by atoms with Gasteiger partial charge in [0.25, 0.3) is 11.8 Å². The summed E-state index contributed by atoms with van der Waals surface area (Å²) in [5, 5.41) is 1.80. The molecule has 7 heteroatoms. The van der Waals surface area contributed by atoms with Gasteiger partial charge in [-0.1, -0.05) is 13.0 Å². The molecule has 5 nitrogen and oxygen atoms in total. The second kappa shape index (κ2) is 7.23. The molecule has 0 aliphatic carbocycles. The molecule has 142 valence electrons. The number of halogens is 1. The zero-order valence-corrected chi connectivity index (χ0v) is 16.3. The van der Waals surface area contributed by atoms with Crippen LogP contribution in [0.2, 0.25) is 0 Å². The van der Waals surface area contributed by atoms with Crippen molar-refractivity contribution in [2.24, 2.45) is 0 Å². The summed E-state index contributed by atoms with van der Waals surface area (Å²) in [6.07, 6.45) is 0.537. The Morgan fingerprint density at radius 1 is 1.26 bits per heavy atom. The average Bonchev–Trinajstić information content (AvgIpc) is 3.25.